The van der Waals surface area contributed by atoms with Crippen molar-refractivity contribution in [3.8, 4) is 0 Å². The molecule has 2 amide bonds. The predicted molar refractivity (Wildman–Crippen MR) is 81.6 cm³/mol. The van der Waals surface area contributed by atoms with Gasteiger partial charge in [0.05, 0.1) is 11.0 Å². The van der Waals surface area contributed by atoms with Crippen molar-refractivity contribution >= 4 is 21.6 Å². The van der Waals surface area contributed by atoms with Crippen molar-refractivity contribution in [3.63, 3.8) is 0 Å². The molecule has 7 nitrogen and oxygen atoms in total. The molecule has 22 heavy (non-hydrogen) atoms. The lowest BCUT2D eigenvalue weighted by Crippen LogP contribution is -2.47. The highest BCUT2D eigenvalue weighted by Crippen LogP contribution is 2.44. The van der Waals surface area contributed by atoms with Crippen LogP contribution in [0.25, 0.3) is 0 Å². The lowest BCUT2D eigenvalue weighted by molar-refractivity contribution is 0.248. The first kappa shape index (κ1) is 15.3. The molecule has 2 unspecified atom stereocenters. The molecule has 122 valence electrons. The van der Waals surface area contributed by atoms with Gasteiger partial charge in [-0.1, -0.05) is 5.16 Å². The van der Waals surface area contributed by atoms with Gasteiger partial charge in [0.2, 0.25) is 0 Å². The van der Waals surface area contributed by atoms with Gasteiger partial charge in [-0.05, 0) is 39.5 Å². The van der Waals surface area contributed by atoms with Crippen LogP contribution < -0.4 is 10.6 Å². The molecule has 0 radical (unpaired) electrons. The number of amides is 2. The maximum Gasteiger partial charge on any atom is 0.319 e. The van der Waals surface area contributed by atoms with Crippen LogP contribution >= 0.6 is 0 Å². The van der Waals surface area contributed by atoms with Gasteiger partial charge in [-0.15, -0.1) is 0 Å². The van der Waals surface area contributed by atoms with Gasteiger partial charge in [0.25, 0.3) is 0 Å². The van der Waals surface area contributed by atoms with E-state index in [1.54, 1.807) is 13.8 Å². The van der Waals surface area contributed by atoms with Crippen molar-refractivity contribution < 1.29 is 17.7 Å². The van der Waals surface area contributed by atoms with E-state index in [4.69, 9.17) is 4.52 Å². The summed E-state index contributed by atoms with van der Waals surface area (Å²) in [6, 6.07) is -0.742. The van der Waals surface area contributed by atoms with E-state index in [1.807, 2.05) is 0 Å². The molecule has 0 spiro atoms. The number of carbonyl (C=O) groups excluding carboxylic acids is 1. The van der Waals surface area contributed by atoms with Crippen LogP contribution in [0.3, 0.4) is 0 Å². The van der Waals surface area contributed by atoms with E-state index in [0.717, 1.165) is 18.6 Å². The molecule has 2 N–H and O–H groups in total. The first-order valence-electron chi connectivity index (χ1n) is 7.62. The third-order valence-electron chi connectivity index (χ3n) is 4.38. The highest BCUT2D eigenvalue weighted by molar-refractivity contribution is 7.92. The fourth-order valence-corrected chi connectivity index (χ4v) is 4.39. The molecule has 1 aromatic heterocycles. The molecule has 2 atom stereocenters. The Balaban J connectivity index is 1.62. The Morgan fingerprint density at radius 2 is 2.00 bits per heavy atom. The molecule has 2 heterocycles. The summed E-state index contributed by atoms with van der Waals surface area (Å²) in [5.74, 6) is 1.06. The Kier molecular flexibility index (Phi) is 3.88. The Labute approximate surface area is 129 Å². The zero-order valence-electron chi connectivity index (χ0n) is 12.8. The van der Waals surface area contributed by atoms with Gasteiger partial charge in [0.1, 0.15) is 11.4 Å². The second-order valence-corrected chi connectivity index (χ2v) is 8.76. The molecule has 1 saturated carbocycles. The molecule has 3 rings (SSSR count). The number of sulfone groups is 1. The molecule has 1 aliphatic carbocycles. The van der Waals surface area contributed by atoms with Crippen molar-refractivity contribution in [1.82, 2.24) is 10.5 Å². The van der Waals surface area contributed by atoms with E-state index in [2.05, 4.69) is 15.8 Å². The van der Waals surface area contributed by atoms with Crippen LogP contribution in [-0.2, 0) is 9.84 Å². The topological polar surface area (TPSA) is 101 Å². The molecule has 1 aliphatic heterocycles. The zero-order valence-corrected chi connectivity index (χ0v) is 13.6. The normalized spacial score (nSPS) is 27.4. The average Bonchev–Trinajstić information content (AvgIpc) is 3.21. The molecule has 1 saturated heterocycles. The van der Waals surface area contributed by atoms with E-state index in [1.165, 1.54) is 0 Å². The molecule has 0 bridgehead atoms. The lowest BCUT2D eigenvalue weighted by atomic mass is 10.1. The summed E-state index contributed by atoms with van der Waals surface area (Å²) in [4.78, 5) is 12.1. The Hall–Kier alpha value is -1.57. The number of anilines is 1. The molecule has 8 heteroatoms. The lowest BCUT2D eigenvalue weighted by Gasteiger charge is -2.27. The fraction of sp³-hybridized carbons (Fsp3) is 0.714. The number of carbonyl (C=O) groups is 1. The van der Waals surface area contributed by atoms with Gasteiger partial charge in [0.15, 0.2) is 15.6 Å². The van der Waals surface area contributed by atoms with Crippen molar-refractivity contribution in [2.24, 2.45) is 0 Å². The number of urea groups is 1. The van der Waals surface area contributed by atoms with Gasteiger partial charge >= 0.3 is 6.03 Å². The number of rotatable bonds is 3. The van der Waals surface area contributed by atoms with Crippen LogP contribution in [0.1, 0.15) is 50.0 Å². The standard InChI is InChI=1S/C14H21N3O4S/c1-8-3-6-11(7-22(8,19)20)15-14(18)16-12-9(2)17-21-13(12)10-4-5-10/h8,10-11H,3-7H2,1-2H3,(H2,15,16,18). The predicted octanol–water partition coefficient (Wildman–Crippen LogP) is 1.95. The molecule has 2 aliphatic rings. The van der Waals surface area contributed by atoms with Crippen LogP contribution in [0.15, 0.2) is 4.52 Å². The third-order valence-corrected chi connectivity index (χ3v) is 6.71. The van der Waals surface area contributed by atoms with E-state index < -0.39 is 15.9 Å². The van der Waals surface area contributed by atoms with Crippen LogP contribution in [0.5, 0.6) is 0 Å². The van der Waals surface area contributed by atoms with Crippen molar-refractivity contribution in [1.29, 1.82) is 0 Å². The minimum absolute atomic E-state index is 0.000310. The zero-order chi connectivity index (χ0) is 15.9. The highest BCUT2D eigenvalue weighted by atomic mass is 32.2. The Morgan fingerprint density at radius 3 is 2.64 bits per heavy atom. The maximum atomic E-state index is 12.1. The van der Waals surface area contributed by atoms with E-state index >= 15 is 0 Å². The van der Waals surface area contributed by atoms with Crippen LogP contribution in [-0.4, -0.2) is 36.7 Å². The Morgan fingerprint density at radius 1 is 1.27 bits per heavy atom. The number of hydrogen-bond donors (Lipinski definition) is 2. The summed E-state index contributed by atoms with van der Waals surface area (Å²) in [7, 11) is -3.11. The summed E-state index contributed by atoms with van der Waals surface area (Å²) in [6.07, 6.45) is 3.34. The maximum absolute atomic E-state index is 12.1. The summed E-state index contributed by atoms with van der Waals surface area (Å²) in [6.45, 7) is 3.49. The van der Waals surface area contributed by atoms with Gasteiger partial charge in [-0.2, -0.15) is 0 Å². The number of aromatic nitrogens is 1. The van der Waals surface area contributed by atoms with E-state index in [0.29, 0.717) is 30.1 Å². The Bertz CT molecular complexity index is 678. The SMILES string of the molecule is Cc1noc(C2CC2)c1NC(=O)NC1CCC(C)S(=O)(=O)C1. The first-order valence-corrected chi connectivity index (χ1v) is 9.33. The van der Waals surface area contributed by atoms with Gasteiger partial charge in [-0.25, -0.2) is 13.2 Å². The smallest absolute Gasteiger partial charge is 0.319 e. The van der Waals surface area contributed by atoms with Crippen molar-refractivity contribution in [2.45, 2.75) is 56.7 Å². The van der Waals surface area contributed by atoms with Crippen LogP contribution in [0.4, 0.5) is 10.5 Å². The quantitative estimate of drug-likeness (QED) is 0.883. The van der Waals surface area contributed by atoms with Crippen molar-refractivity contribution in [2.75, 3.05) is 11.1 Å². The molecular weight excluding hydrogens is 306 g/mol. The molecule has 2 fully saturated rings. The summed E-state index contributed by atoms with van der Waals surface area (Å²) in [5, 5.41) is 9.09. The minimum atomic E-state index is -3.11. The third kappa shape index (κ3) is 3.11. The van der Waals surface area contributed by atoms with Gasteiger partial charge < -0.3 is 15.2 Å². The van der Waals surface area contributed by atoms with Crippen molar-refractivity contribution in [3.05, 3.63) is 11.5 Å². The summed E-state index contributed by atoms with van der Waals surface area (Å²) >= 11 is 0. The second-order valence-electron chi connectivity index (χ2n) is 6.29. The van der Waals surface area contributed by atoms with Crippen LogP contribution in [0.2, 0.25) is 0 Å². The summed E-state index contributed by atoms with van der Waals surface area (Å²) in [5.41, 5.74) is 1.26. The van der Waals surface area contributed by atoms with Gasteiger partial charge in [0, 0.05) is 12.0 Å². The molecular formula is C14H21N3O4S. The average molecular weight is 327 g/mol. The monoisotopic (exact) mass is 327 g/mol. The van der Waals surface area contributed by atoms with Gasteiger partial charge in [-0.3, -0.25) is 0 Å². The number of nitrogens with one attached hydrogen (secondary N) is 2. The highest BCUT2D eigenvalue weighted by Gasteiger charge is 2.34. The fourth-order valence-electron chi connectivity index (χ4n) is 2.76. The van der Waals surface area contributed by atoms with E-state index in [9.17, 15) is 13.2 Å². The largest absolute Gasteiger partial charge is 0.359 e. The van der Waals surface area contributed by atoms with Crippen LogP contribution in [0, 0.1) is 6.92 Å². The molecule has 0 aromatic carbocycles. The first-order chi connectivity index (χ1) is 10.4. The number of hydrogen-bond acceptors (Lipinski definition) is 5. The second kappa shape index (κ2) is 5.57. The molecule has 1 aromatic rings. The van der Waals surface area contributed by atoms with E-state index in [-0.39, 0.29) is 17.0 Å². The minimum Gasteiger partial charge on any atom is -0.359 e. The summed E-state index contributed by atoms with van der Waals surface area (Å²) < 4.78 is 29.1. The number of nitrogens with zero attached hydrogens (tertiary/aromatic N) is 1. The number of aryl methyl sites for hydroxylation is 1.